The van der Waals surface area contributed by atoms with Gasteiger partial charge in [0, 0.05) is 35.8 Å². The highest BCUT2D eigenvalue weighted by Crippen LogP contribution is 2.36. The van der Waals surface area contributed by atoms with Crippen LogP contribution < -0.4 is 10.2 Å². The Morgan fingerprint density at radius 1 is 1.14 bits per heavy atom. The standard InChI is InChI=1S/C18H27BrN2/c1-13(2)20-10-16-7-8-17(9-18(16)19)21(11-14-3-4-14)12-15-5-6-15/h7-9,13-15,20H,3-6,10-12H2,1-2H3. The molecular weight excluding hydrogens is 324 g/mol. The second kappa shape index (κ2) is 6.70. The van der Waals surface area contributed by atoms with E-state index < -0.39 is 0 Å². The second-order valence-corrected chi connectivity index (χ2v) is 7.96. The molecule has 21 heavy (non-hydrogen) atoms. The van der Waals surface area contributed by atoms with Crippen molar-refractivity contribution >= 4 is 21.6 Å². The lowest BCUT2D eigenvalue weighted by atomic mass is 10.1. The third-order valence-corrected chi connectivity index (χ3v) is 5.19. The summed E-state index contributed by atoms with van der Waals surface area (Å²) >= 11 is 3.76. The summed E-state index contributed by atoms with van der Waals surface area (Å²) in [6, 6.07) is 7.44. The summed E-state index contributed by atoms with van der Waals surface area (Å²) in [6.45, 7) is 7.83. The maximum absolute atomic E-state index is 3.76. The van der Waals surface area contributed by atoms with Crippen molar-refractivity contribution in [1.29, 1.82) is 0 Å². The van der Waals surface area contributed by atoms with Gasteiger partial charge in [0.05, 0.1) is 0 Å². The number of nitrogens with zero attached hydrogens (tertiary/aromatic N) is 1. The minimum absolute atomic E-state index is 0.526. The molecule has 0 radical (unpaired) electrons. The SMILES string of the molecule is CC(C)NCc1ccc(N(CC2CC2)CC2CC2)cc1Br. The predicted octanol–water partition coefficient (Wildman–Crippen LogP) is 4.57. The first-order valence-electron chi connectivity index (χ1n) is 8.38. The van der Waals surface area contributed by atoms with Crippen LogP contribution in [-0.2, 0) is 6.54 Å². The van der Waals surface area contributed by atoms with Gasteiger partial charge in [-0.15, -0.1) is 0 Å². The highest BCUT2D eigenvalue weighted by Gasteiger charge is 2.29. The molecule has 0 bridgehead atoms. The van der Waals surface area contributed by atoms with Gasteiger partial charge in [-0.1, -0.05) is 35.8 Å². The fourth-order valence-corrected chi connectivity index (χ4v) is 3.21. The van der Waals surface area contributed by atoms with Gasteiger partial charge in [-0.2, -0.15) is 0 Å². The lowest BCUT2D eigenvalue weighted by Gasteiger charge is -2.25. The Morgan fingerprint density at radius 2 is 1.76 bits per heavy atom. The molecule has 0 aromatic heterocycles. The molecule has 0 atom stereocenters. The van der Waals surface area contributed by atoms with Crippen molar-refractivity contribution in [2.75, 3.05) is 18.0 Å². The highest BCUT2D eigenvalue weighted by molar-refractivity contribution is 9.10. The molecule has 2 nitrogen and oxygen atoms in total. The summed E-state index contributed by atoms with van der Waals surface area (Å²) in [5.41, 5.74) is 2.75. The molecule has 1 N–H and O–H groups in total. The Kier molecular flexibility index (Phi) is 4.90. The fourth-order valence-electron chi connectivity index (χ4n) is 2.70. The van der Waals surface area contributed by atoms with Crippen LogP contribution in [0.15, 0.2) is 22.7 Å². The van der Waals surface area contributed by atoms with Crippen LogP contribution in [0.1, 0.15) is 45.1 Å². The Morgan fingerprint density at radius 3 is 2.24 bits per heavy atom. The van der Waals surface area contributed by atoms with Gasteiger partial charge in [0.25, 0.3) is 0 Å². The van der Waals surface area contributed by atoms with Crippen LogP contribution in [0, 0.1) is 11.8 Å². The van der Waals surface area contributed by atoms with Crippen LogP contribution in [0.2, 0.25) is 0 Å². The first-order valence-corrected chi connectivity index (χ1v) is 9.18. The Hall–Kier alpha value is -0.540. The molecule has 1 aromatic rings. The van der Waals surface area contributed by atoms with Crippen molar-refractivity contribution in [2.24, 2.45) is 11.8 Å². The summed E-state index contributed by atoms with van der Waals surface area (Å²) in [5, 5.41) is 3.49. The average molecular weight is 351 g/mol. The molecule has 1 aromatic carbocycles. The molecule has 0 saturated heterocycles. The number of benzene rings is 1. The third-order valence-electron chi connectivity index (χ3n) is 4.45. The van der Waals surface area contributed by atoms with E-state index >= 15 is 0 Å². The van der Waals surface area contributed by atoms with Crippen LogP contribution in [0.5, 0.6) is 0 Å². The fraction of sp³-hybridized carbons (Fsp3) is 0.667. The van der Waals surface area contributed by atoms with Gasteiger partial charge in [0.1, 0.15) is 0 Å². The normalized spacial score (nSPS) is 18.3. The smallest absolute Gasteiger partial charge is 0.0377 e. The summed E-state index contributed by atoms with van der Waals surface area (Å²) in [7, 11) is 0. The average Bonchev–Trinajstić information content (AvgIpc) is 3.31. The predicted molar refractivity (Wildman–Crippen MR) is 93.8 cm³/mol. The van der Waals surface area contributed by atoms with Crippen molar-refractivity contribution in [2.45, 2.75) is 52.1 Å². The largest absolute Gasteiger partial charge is 0.371 e. The van der Waals surface area contributed by atoms with Crippen molar-refractivity contribution in [3.8, 4) is 0 Å². The molecule has 0 aliphatic heterocycles. The van der Waals surface area contributed by atoms with E-state index in [1.54, 1.807) is 0 Å². The van der Waals surface area contributed by atoms with Gasteiger partial charge < -0.3 is 10.2 Å². The van der Waals surface area contributed by atoms with Crippen LogP contribution in [0.3, 0.4) is 0 Å². The molecule has 0 heterocycles. The number of rotatable bonds is 8. The lowest BCUT2D eigenvalue weighted by Crippen LogP contribution is -2.28. The van der Waals surface area contributed by atoms with Gasteiger partial charge in [-0.25, -0.2) is 0 Å². The van der Waals surface area contributed by atoms with Crippen molar-refractivity contribution < 1.29 is 0 Å². The van der Waals surface area contributed by atoms with Gasteiger partial charge in [-0.3, -0.25) is 0 Å². The molecular formula is C18H27BrN2. The molecule has 2 aliphatic rings. The van der Waals surface area contributed by atoms with Crippen LogP contribution in [0.25, 0.3) is 0 Å². The number of nitrogens with one attached hydrogen (secondary N) is 1. The Bertz CT molecular complexity index is 464. The first kappa shape index (κ1) is 15.4. The third kappa shape index (κ3) is 4.72. The molecule has 0 amide bonds. The van der Waals surface area contributed by atoms with Gasteiger partial charge in [0.15, 0.2) is 0 Å². The molecule has 2 aliphatic carbocycles. The Labute approximate surface area is 137 Å². The summed E-state index contributed by atoms with van der Waals surface area (Å²) < 4.78 is 1.24. The van der Waals surface area contributed by atoms with Crippen molar-refractivity contribution in [3.63, 3.8) is 0 Å². The maximum Gasteiger partial charge on any atom is 0.0377 e. The minimum atomic E-state index is 0.526. The summed E-state index contributed by atoms with van der Waals surface area (Å²) in [5.74, 6) is 1.90. The highest BCUT2D eigenvalue weighted by atomic mass is 79.9. The molecule has 2 fully saturated rings. The number of hydrogen-bond acceptors (Lipinski definition) is 2. The van der Waals surface area contributed by atoms with E-state index in [4.69, 9.17) is 0 Å². The molecule has 0 spiro atoms. The van der Waals surface area contributed by atoms with Crippen LogP contribution in [0.4, 0.5) is 5.69 Å². The Balaban J connectivity index is 1.68. The molecule has 116 valence electrons. The maximum atomic E-state index is 3.76. The molecule has 3 heteroatoms. The zero-order valence-corrected chi connectivity index (χ0v) is 14.8. The molecule has 2 saturated carbocycles. The van der Waals surface area contributed by atoms with Crippen molar-refractivity contribution in [3.05, 3.63) is 28.2 Å². The van der Waals surface area contributed by atoms with Crippen molar-refractivity contribution in [1.82, 2.24) is 5.32 Å². The summed E-state index contributed by atoms with van der Waals surface area (Å²) in [6.07, 6.45) is 5.72. The first-order chi connectivity index (χ1) is 10.1. The quantitative estimate of drug-likeness (QED) is 0.738. The van der Waals surface area contributed by atoms with E-state index in [9.17, 15) is 0 Å². The molecule has 0 unspecified atom stereocenters. The minimum Gasteiger partial charge on any atom is -0.371 e. The van der Waals surface area contributed by atoms with E-state index in [-0.39, 0.29) is 0 Å². The zero-order chi connectivity index (χ0) is 14.8. The number of halogens is 1. The van der Waals surface area contributed by atoms with Gasteiger partial charge in [0.2, 0.25) is 0 Å². The topological polar surface area (TPSA) is 15.3 Å². The second-order valence-electron chi connectivity index (χ2n) is 7.10. The number of hydrogen-bond donors (Lipinski definition) is 1. The number of anilines is 1. The van der Waals surface area contributed by atoms with E-state index in [2.05, 4.69) is 58.2 Å². The molecule has 3 rings (SSSR count). The van der Waals surface area contributed by atoms with E-state index in [1.807, 2.05) is 0 Å². The van der Waals surface area contributed by atoms with Crippen LogP contribution >= 0.6 is 15.9 Å². The van der Waals surface area contributed by atoms with E-state index in [0.29, 0.717) is 6.04 Å². The van der Waals surface area contributed by atoms with E-state index in [1.165, 1.54) is 54.5 Å². The van der Waals surface area contributed by atoms with Gasteiger partial charge in [-0.05, 0) is 55.2 Å². The zero-order valence-electron chi connectivity index (χ0n) is 13.2. The lowest BCUT2D eigenvalue weighted by molar-refractivity contribution is 0.587. The van der Waals surface area contributed by atoms with Gasteiger partial charge >= 0.3 is 0 Å². The van der Waals surface area contributed by atoms with E-state index in [0.717, 1.165) is 18.4 Å². The summed E-state index contributed by atoms with van der Waals surface area (Å²) in [4.78, 5) is 2.62. The van der Waals surface area contributed by atoms with Crippen LogP contribution in [-0.4, -0.2) is 19.1 Å². The monoisotopic (exact) mass is 350 g/mol.